The lowest BCUT2D eigenvalue weighted by atomic mass is 10.2. The third kappa shape index (κ3) is 9.69. The fourth-order valence-corrected chi connectivity index (χ4v) is 4.80. The maximum atomic E-state index is 12.6. The van der Waals surface area contributed by atoms with Gasteiger partial charge in [-0.1, -0.05) is 80.4 Å². The first kappa shape index (κ1) is 26.7. The summed E-state index contributed by atoms with van der Waals surface area (Å²) in [4.78, 5) is 13.5. The van der Waals surface area contributed by atoms with Crippen molar-refractivity contribution in [3.8, 4) is 11.5 Å². The third-order valence-electron chi connectivity index (χ3n) is 5.51. The van der Waals surface area contributed by atoms with Crippen molar-refractivity contribution < 1.29 is 19.0 Å². The van der Waals surface area contributed by atoms with Crippen LogP contribution in [0, 0.1) is 0 Å². The minimum Gasteiger partial charge on any atom is -0.493 e. The average molecular weight is 493 g/mol. The summed E-state index contributed by atoms with van der Waals surface area (Å²) in [5.41, 5.74) is 2.47. The largest absolute Gasteiger partial charge is 0.493 e. The number of esters is 1. The Labute approximate surface area is 214 Å². The second-order valence-corrected chi connectivity index (χ2v) is 9.59. The van der Waals surface area contributed by atoms with Crippen LogP contribution in [0.15, 0.2) is 83.8 Å². The molecule has 0 aliphatic rings. The molecule has 0 aromatic heterocycles. The molecule has 3 rings (SSSR count). The molecule has 0 radical (unpaired) electrons. The van der Waals surface area contributed by atoms with Gasteiger partial charge in [0.15, 0.2) is 0 Å². The number of hydrogen-bond donors (Lipinski definition) is 0. The van der Waals surface area contributed by atoms with Gasteiger partial charge < -0.3 is 14.2 Å². The van der Waals surface area contributed by atoms with Gasteiger partial charge in [-0.25, -0.2) is 0 Å². The van der Waals surface area contributed by atoms with Gasteiger partial charge in [0.05, 0.1) is 19.8 Å². The molecule has 0 saturated heterocycles. The van der Waals surface area contributed by atoms with E-state index >= 15 is 0 Å². The molecule has 35 heavy (non-hydrogen) atoms. The first-order valence-corrected chi connectivity index (χ1v) is 13.4. The fraction of sp³-hybridized carbons (Fsp3) is 0.367. The Morgan fingerprint density at radius 1 is 0.800 bits per heavy atom. The number of carbonyl (C=O) groups excluding carboxylic acids is 1. The minimum absolute atomic E-state index is 0.159. The van der Waals surface area contributed by atoms with Gasteiger partial charge in [-0.2, -0.15) is 0 Å². The summed E-state index contributed by atoms with van der Waals surface area (Å²) in [7, 11) is 0. The standard InChI is InChI=1S/C30H36O4S/c1-3-5-16-29(30(31)32-4-2)35-28-22-26(33-19-17-24-12-8-6-9-13-24)21-27(23-28)34-20-18-25-14-10-7-11-15-25/h6-15,21-23,29H,3-5,16-20H2,1-2H3. The SMILES string of the molecule is CCCCC(Sc1cc(OCCc2ccccc2)cc(OCCc2ccccc2)c1)C(=O)OCC. The number of rotatable bonds is 15. The highest BCUT2D eigenvalue weighted by Gasteiger charge is 2.21. The van der Waals surface area contributed by atoms with E-state index in [1.165, 1.54) is 22.9 Å². The molecule has 0 spiro atoms. The predicted octanol–water partition coefficient (Wildman–Crippen LogP) is 7.14. The summed E-state index contributed by atoms with van der Waals surface area (Å²) in [5, 5.41) is -0.244. The average Bonchev–Trinajstić information content (AvgIpc) is 2.88. The molecule has 0 fully saturated rings. The zero-order valence-electron chi connectivity index (χ0n) is 20.8. The second-order valence-electron chi connectivity index (χ2n) is 8.31. The van der Waals surface area contributed by atoms with Crippen LogP contribution >= 0.6 is 11.8 Å². The molecule has 3 aromatic carbocycles. The maximum absolute atomic E-state index is 12.6. The van der Waals surface area contributed by atoms with Crippen LogP contribution in [0.3, 0.4) is 0 Å². The fourth-order valence-electron chi connectivity index (χ4n) is 3.66. The molecule has 0 aliphatic carbocycles. The van der Waals surface area contributed by atoms with Crippen molar-refractivity contribution in [3.63, 3.8) is 0 Å². The Hall–Kier alpha value is -2.92. The monoisotopic (exact) mass is 492 g/mol. The Balaban J connectivity index is 1.71. The van der Waals surface area contributed by atoms with Crippen LogP contribution in [0.1, 0.15) is 44.2 Å². The molecule has 0 amide bonds. The molecule has 0 N–H and O–H groups in total. The molecular formula is C30H36O4S. The Morgan fingerprint density at radius 2 is 1.34 bits per heavy atom. The second kappa shape index (κ2) is 15.2. The predicted molar refractivity (Wildman–Crippen MR) is 144 cm³/mol. The summed E-state index contributed by atoms with van der Waals surface area (Å²) in [6, 6.07) is 26.5. The first-order valence-electron chi connectivity index (χ1n) is 12.5. The van der Waals surface area contributed by atoms with Crippen molar-refractivity contribution in [1.82, 2.24) is 0 Å². The van der Waals surface area contributed by atoms with E-state index in [4.69, 9.17) is 14.2 Å². The van der Waals surface area contributed by atoms with Gasteiger partial charge in [0.2, 0.25) is 0 Å². The van der Waals surface area contributed by atoms with Crippen molar-refractivity contribution in [2.24, 2.45) is 0 Å². The highest BCUT2D eigenvalue weighted by atomic mass is 32.2. The lowest BCUT2D eigenvalue weighted by Crippen LogP contribution is -2.20. The summed E-state index contributed by atoms with van der Waals surface area (Å²) < 4.78 is 17.6. The molecule has 0 aliphatic heterocycles. The zero-order valence-corrected chi connectivity index (χ0v) is 21.6. The lowest BCUT2D eigenvalue weighted by molar-refractivity contribution is -0.142. The Morgan fingerprint density at radius 3 is 1.83 bits per heavy atom. The Kier molecular flexibility index (Phi) is 11.6. The maximum Gasteiger partial charge on any atom is 0.319 e. The van der Waals surface area contributed by atoms with Crippen molar-refractivity contribution in [3.05, 3.63) is 90.0 Å². The van der Waals surface area contributed by atoms with Crippen LogP contribution in [0.4, 0.5) is 0 Å². The summed E-state index contributed by atoms with van der Waals surface area (Å²) >= 11 is 1.53. The molecule has 1 atom stereocenters. The van der Waals surface area contributed by atoms with Crippen LogP contribution in [0.25, 0.3) is 0 Å². The van der Waals surface area contributed by atoms with Gasteiger partial charge in [0.25, 0.3) is 0 Å². The van der Waals surface area contributed by atoms with Crippen molar-refractivity contribution in [1.29, 1.82) is 0 Å². The van der Waals surface area contributed by atoms with Gasteiger partial charge in [0.1, 0.15) is 16.7 Å². The number of carbonyl (C=O) groups is 1. The smallest absolute Gasteiger partial charge is 0.319 e. The lowest BCUT2D eigenvalue weighted by Gasteiger charge is -2.17. The molecule has 0 heterocycles. The number of thioether (sulfide) groups is 1. The molecule has 0 bridgehead atoms. The number of unbranched alkanes of at least 4 members (excludes halogenated alkanes) is 1. The summed E-state index contributed by atoms with van der Waals surface area (Å²) in [6.45, 7) is 5.50. The van der Waals surface area contributed by atoms with Crippen LogP contribution in [-0.4, -0.2) is 31.0 Å². The van der Waals surface area contributed by atoms with E-state index in [0.717, 1.165) is 48.5 Å². The Bertz CT molecular complexity index is 944. The van der Waals surface area contributed by atoms with Crippen LogP contribution < -0.4 is 9.47 Å². The normalized spacial score (nSPS) is 11.6. The summed E-state index contributed by atoms with van der Waals surface area (Å²) in [5.74, 6) is 1.34. The molecule has 5 heteroatoms. The third-order valence-corrected chi connectivity index (χ3v) is 6.73. The van der Waals surface area contributed by atoms with Crippen LogP contribution in [-0.2, 0) is 22.4 Å². The molecule has 4 nitrogen and oxygen atoms in total. The summed E-state index contributed by atoms with van der Waals surface area (Å²) in [6.07, 6.45) is 4.44. The molecule has 0 saturated carbocycles. The molecule has 1 unspecified atom stereocenters. The van der Waals surface area contributed by atoms with E-state index in [0.29, 0.717) is 19.8 Å². The van der Waals surface area contributed by atoms with E-state index in [1.807, 2.05) is 61.5 Å². The van der Waals surface area contributed by atoms with Crippen molar-refractivity contribution >= 4 is 17.7 Å². The van der Waals surface area contributed by atoms with E-state index in [2.05, 4.69) is 31.2 Å². The zero-order chi connectivity index (χ0) is 24.7. The van der Waals surface area contributed by atoms with E-state index in [1.54, 1.807) is 0 Å². The highest BCUT2D eigenvalue weighted by Crippen LogP contribution is 2.34. The van der Waals surface area contributed by atoms with Gasteiger partial charge in [-0.3, -0.25) is 4.79 Å². The number of ether oxygens (including phenoxy) is 3. The molecular weight excluding hydrogens is 456 g/mol. The van der Waals surface area contributed by atoms with Gasteiger partial charge >= 0.3 is 5.97 Å². The van der Waals surface area contributed by atoms with Gasteiger partial charge in [-0.05, 0) is 36.6 Å². The quantitative estimate of drug-likeness (QED) is 0.167. The van der Waals surface area contributed by atoms with E-state index < -0.39 is 0 Å². The minimum atomic E-state index is -0.244. The van der Waals surface area contributed by atoms with Crippen LogP contribution in [0.2, 0.25) is 0 Å². The van der Waals surface area contributed by atoms with E-state index in [9.17, 15) is 4.79 Å². The number of hydrogen-bond acceptors (Lipinski definition) is 5. The van der Waals surface area contributed by atoms with Crippen LogP contribution in [0.5, 0.6) is 11.5 Å². The molecule has 186 valence electrons. The van der Waals surface area contributed by atoms with Gasteiger partial charge in [-0.15, -0.1) is 11.8 Å². The van der Waals surface area contributed by atoms with Crippen molar-refractivity contribution in [2.75, 3.05) is 19.8 Å². The number of benzene rings is 3. The first-order chi connectivity index (χ1) is 17.2. The van der Waals surface area contributed by atoms with E-state index in [-0.39, 0.29) is 11.2 Å². The van der Waals surface area contributed by atoms with Crippen molar-refractivity contribution in [2.45, 2.75) is 56.1 Å². The topological polar surface area (TPSA) is 44.8 Å². The van der Waals surface area contributed by atoms with Gasteiger partial charge in [0, 0.05) is 23.8 Å². The molecule has 3 aromatic rings. The highest BCUT2D eigenvalue weighted by molar-refractivity contribution is 8.00.